The Kier molecular flexibility index (Phi) is 8.10. The van der Waals surface area contributed by atoms with Crippen molar-refractivity contribution in [1.82, 2.24) is 19.4 Å². The highest BCUT2D eigenvalue weighted by atomic mass is 16.3. The molecule has 1 aromatic carbocycles. The summed E-state index contributed by atoms with van der Waals surface area (Å²) in [4.78, 5) is 40.5. The summed E-state index contributed by atoms with van der Waals surface area (Å²) < 4.78 is 2.28. The Bertz CT molecular complexity index is 981. The molecule has 4 N–H and O–H groups in total. The van der Waals surface area contributed by atoms with Crippen LogP contribution in [0.5, 0.6) is 0 Å². The van der Waals surface area contributed by atoms with E-state index in [1.807, 2.05) is 44.2 Å². The zero-order valence-electron chi connectivity index (χ0n) is 18.0. The van der Waals surface area contributed by atoms with Crippen LogP contribution < -0.4 is 22.3 Å². The molecule has 2 aromatic rings. The monoisotopic (exact) mass is 417 g/mol. The van der Waals surface area contributed by atoms with E-state index in [0.717, 1.165) is 10.1 Å². The second kappa shape index (κ2) is 10.3. The first kappa shape index (κ1) is 23.5. The van der Waals surface area contributed by atoms with Gasteiger partial charge in [0.05, 0.1) is 13.1 Å². The number of nitrogens with one attached hydrogen (secondary N) is 1. The fourth-order valence-electron chi connectivity index (χ4n) is 3.21. The Morgan fingerprint density at radius 2 is 1.83 bits per heavy atom. The predicted molar refractivity (Wildman–Crippen MR) is 117 cm³/mol. The highest BCUT2D eigenvalue weighted by Gasteiger charge is 2.25. The SMILES string of the molecule is CCn1c(=O)c(C(=O)CN(CC(O)NC)C(C)C)c(N)n(Cc2ccccc2)c1=O. The number of likely N-dealkylation sites (N-methyl/N-ethyl adjacent to an activating group) is 1. The minimum Gasteiger partial charge on any atom is -0.384 e. The number of hydrogen-bond donors (Lipinski definition) is 3. The van der Waals surface area contributed by atoms with Crippen LogP contribution in [0.1, 0.15) is 36.7 Å². The molecule has 1 atom stereocenters. The van der Waals surface area contributed by atoms with Gasteiger partial charge in [-0.15, -0.1) is 0 Å². The van der Waals surface area contributed by atoms with Gasteiger partial charge in [-0.1, -0.05) is 30.3 Å². The molecule has 1 heterocycles. The van der Waals surface area contributed by atoms with E-state index < -0.39 is 23.3 Å². The smallest absolute Gasteiger partial charge is 0.332 e. The molecule has 0 aliphatic rings. The Balaban J connectivity index is 2.50. The van der Waals surface area contributed by atoms with Crippen molar-refractivity contribution in [3.8, 4) is 0 Å². The average Bonchev–Trinajstić information content (AvgIpc) is 2.71. The number of benzene rings is 1. The standard InChI is InChI=1S/C21H31N5O4/c1-5-25-20(29)18(16(27)12-24(14(2)3)13-17(28)23-4)19(22)26(21(25)30)11-15-9-7-6-8-10-15/h6-10,14,17,23,28H,5,11-13,22H2,1-4H3. The van der Waals surface area contributed by atoms with Gasteiger partial charge in [0.25, 0.3) is 5.56 Å². The van der Waals surface area contributed by atoms with Crippen molar-refractivity contribution < 1.29 is 9.90 Å². The Labute approximate surface area is 175 Å². The summed E-state index contributed by atoms with van der Waals surface area (Å²) in [6.07, 6.45) is -0.822. The topological polar surface area (TPSA) is 123 Å². The van der Waals surface area contributed by atoms with Crippen LogP contribution in [-0.2, 0) is 13.1 Å². The van der Waals surface area contributed by atoms with Gasteiger partial charge in [-0.25, -0.2) is 4.79 Å². The summed E-state index contributed by atoms with van der Waals surface area (Å²) in [6, 6.07) is 9.17. The lowest BCUT2D eigenvalue weighted by atomic mass is 10.1. The molecular weight excluding hydrogens is 386 g/mol. The van der Waals surface area contributed by atoms with E-state index in [0.29, 0.717) is 0 Å². The highest BCUT2D eigenvalue weighted by molar-refractivity contribution is 6.01. The number of nitrogens with zero attached hydrogens (tertiary/aromatic N) is 3. The Hall–Kier alpha value is -2.75. The van der Waals surface area contributed by atoms with E-state index in [2.05, 4.69) is 5.32 Å². The van der Waals surface area contributed by atoms with Crippen molar-refractivity contribution >= 4 is 11.6 Å². The summed E-state index contributed by atoms with van der Waals surface area (Å²) in [5.41, 5.74) is 5.58. The van der Waals surface area contributed by atoms with Gasteiger partial charge in [-0.05, 0) is 33.4 Å². The van der Waals surface area contributed by atoms with Crippen LogP contribution in [0.2, 0.25) is 0 Å². The van der Waals surface area contributed by atoms with Crippen molar-refractivity contribution in [2.45, 2.75) is 46.1 Å². The molecule has 9 nitrogen and oxygen atoms in total. The van der Waals surface area contributed by atoms with Crippen molar-refractivity contribution in [2.24, 2.45) is 0 Å². The third-order valence-electron chi connectivity index (χ3n) is 5.06. The number of hydrogen-bond acceptors (Lipinski definition) is 7. The van der Waals surface area contributed by atoms with Crippen molar-refractivity contribution in [1.29, 1.82) is 0 Å². The molecule has 2 rings (SSSR count). The van der Waals surface area contributed by atoms with Gasteiger partial charge in [-0.3, -0.25) is 28.9 Å². The third kappa shape index (κ3) is 5.24. The summed E-state index contributed by atoms with van der Waals surface area (Å²) >= 11 is 0. The van der Waals surface area contributed by atoms with Crippen molar-refractivity contribution in [3.05, 3.63) is 62.3 Å². The number of aliphatic hydroxyl groups is 1. The van der Waals surface area contributed by atoms with Crippen LogP contribution in [0.4, 0.5) is 5.82 Å². The maximum absolute atomic E-state index is 13.1. The van der Waals surface area contributed by atoms with Gasteiger partial charge in [0.15, 0.2) is 5.78 Å². The number of carbonyl (C=O) groups excluding carboxylic acids is 1. The van der Waals surface area contributed by atoms with Gasteiger partial charge < -0.3 is 10.8 Å². The van der Waals surface area contributed by atoms with Crippen LogP contribution in [0.25, 0.3) is 0 Å². The van der Waals surface area contributed by atoms with E-state index in [1.54, 1.807) is 18.9 Å². The molecule has 0 aliphatic heterocycles. The number of anilines is 1. The van der Waals surface area contributed by atoms with E-state index >= 15 is 0 Å². The van der Waals surface area contributed by atoms with E-state index in [9.17, 15) is 19.5 Å². The normalized spacial score (nSPS) is 12.5. The molecule has 0 saturated carbocycles. The number of carbonyl (C=O) groups is 1. The summed E-state index contributed by atoms with van der Waals surface area (Å²) in [6.45, 7) is 5.81. The second-order valence-corrected chi connectivity index (χ2v) is 7.41. The zero-order valence-corrected chi connectivity index (χ0v) is 18.0. The van der Waals surface area contributed by atoms with Gasteiger partial charge in [0.2, 0.25) is 0 Å². The van der Waals surface area contributed by atoms with Gasteiger partial charge in [-0.2, -0.15) is 0 Å². The first-order valence-electron chi connectivity index (χ1n) is 10.0. The fourth-order valence-corrected chi connectivity index (χ4v) is 3.21. The maximum atomic E-state index is 13.1. The number of ketones is 1. The average molecular weight is 418 g/mol. The number of Topliss-reactive ketones (excluding diaryl/α,β-unsaturated/α-hetero) is 1. The predicted octanol–water partition coefficient (Wildman–Crippen LogP) is 0.0913. The molecule has 0 fully saturated rings. The van der Waals surface area contributed by atoms with E-state index in [-0.39, 0.29) is 43.6 Å². The summed E-state index contributed by atoms with van der Waals surface area (Å²) in [5, 5.41) is 12.6. The molecule has 0 amide bonds. The zero-order chi connectivity index (χ0) is 22.4. The number of aliphatic hydroxyl groups excluding tert-OH is 1. The quantitative estimate of drug-likeness (QED) is 0.370. The number of nitrogen functional groups attached to an aromatic ring is 1. The summed E-state index contributed by atoms with van der Waals surface area (Å²) in [7, 11) is 1.61. The van der Waals surface area contributed by atoms with Gasteiger partial charge in [0.1, 0.15) is 17.6 Å². The second-order valence-electron chi connectivity index (χ2n) is 7.41. The van der Waals surface area contributed by atoms with E-state index in [1.165, 1.54) is 4.57 Å². The molecule has 0 radical (unpaired) electrons. The first-order chi connectivity index (χ1) is 14.2. The molecule has 30 heavy (non-hydrogen) atoms. The lowest BCUT2D eigenvalue weighted by Gasteiger charge is -2.28. The molecule has 164 valence electrons. The molecule has 1 unspecified atom stereocenters. The molecular formula is C21H31N5O4. The lowest BCUT2D eigenvalue weighted by Crippen LogP contribution is -2.48. The van der Waals surface area contributed by atoms with Crippen LogP contribution in [0, 0.1) is 0 Å². The highest BCUT2D eigenvalue weighted by Crippen LogP contribution is 2.11. The van der Waals surface area contributed by atoms with Crippen LogP contribution >= 0.6 is 0 Å². The third-order valence-corrected chi connectivity index (χ3v) is 5.06. The molecule has 9 heteroatoms. The molecule has 0 saturated heterocycles. The minimum atomic E-state index is -0.822. The molecule has 0 aliphatic carbocycles. The van der Waals surface area contributed by atoms with Crippen LogP contribution in [-0.4, -0.2) is 57.3 Å². The van der Waals surface area contributed by atoms with Gasteiger partial charge in [0, 0.05) is 19.1 Å². The minimum absolute atomic E-state index is 0.0539. The Morgan fingerprint density at radius 3 is 2.37 bits per heavy atom. The number of nitrogens with two attached hydrogens (primary N) is 1. The number of aromatic nitrogens is 2. The molecule has 0 spiro atoms. The lowest BCUT2D eigenvalue weighted by molar-refractivity contribution is 0.0672. The largest absolute Gasteiger partial charge is 0.384 e. The van der Waals surface area contributed by atoms with Gasteiger partial charge >= 0.3 is 5.69 Å². The van der Waals surface area contributed by atoms with Crippen molar-refractivity contribution in [2.75, 3.05) is 25.9 Å². The van der Waals surface area contributed by atoms with E-state index in [4.69, 9.17) is 5.73 Å². The Morgan fingerprint density at radius 1 is 1.20 bits per heavy atom. The fraction of sp³-hybridized carbons (Fsp3) is 0.476. The molecule has 1 aromatic heterocycles. The first-order valence-corrected chi connectivity index (χ1v) is 10.0. The van der Waals surface area contributed by atoms with Crippen LogP contribution in [0.3, 0.4) is 0 Å². The molecule has 0 bridgehead atoms. The maximum Gasteiger partial charge on any atom is 0.332 e. The summed E-state index contributed by atoms with van der Waals surface area (Å²) in [5.74, 6) is -0.625. The van der Waals surface area contributed by atoms with Crippen LogP contribution in [0.15, 0.2) is 39.9 Å². The number of rotatable bonds is 10. The van der Waals surface area contributed by atoms with Crippen molar-refractivity contribution in [3.63, 3.8) is 0 Å².